The van der Waals surface area contributed by atoms with Crippen molar-refractivity contribution >= 4 is 0 Å². The molecule has 0 N–H and O–H groups in total. The summed E-state index contributed by atoms with van der Waals surface area (Å²) >= 11 is 0. The van der Waals surface area contributed by atoms with Crippen LogP contribution in [-0.4, -0.2) is 39.3 Å². The van der Waals surface area contributed by atoms with Crippen molar-refractivity contribution in [3.05, 3.63) is 29.6 Å². The second kappa shape index (κ2) is 11.9. The van der Waals surface area contributed by atoms with Crippen molar-refractivity contribution in [3.8, 4) is 5.75 Å². The van der Waals surface area contributed by atoms with Crippen LogP contribution in [0.2, 0.25) is 0 Å². The van der Waals surface area contributed by atoms with E-state index in [0.717, 1.165) is 44.6 Å². The highest BCUT2D eigenvalue weighted by Gasteiger charge is 2.27. The molecule has 5 nitrogen and oxygen atoms in total. The molecule has 2 aliphatic rings. The summed E-state index contributed by atoms with van der Waals surface area (Å²) in [7, 11) is 0. The summed E-state index contributed by atoms with van der Waals surface area (Å²) in [5.74, 6) is -0.681. The van der Waals surface area contributed by atoms with Gasteiger partial charge in [-0.05, 0) is 31.4 Å². The van der Waals surface area contributed by atoms with Gasteiger partial charge in [0.15, 0.2) is 24.1 Å². The number of hydrogen-bond donors (Lipinski definition) is 0. The Labute approximate surface area is 175 Å². The van der Waals surface area contributed by atoms with Crippen molar-refractivity contribution in [2.45, 2.75) is 64.6 Å². The molecule has 0 bridgehead atoms. The molecule has 3 rings (SSSR count). The first-order chi connectivity index (χ1) is 14.5. The van der Waals surface area contributed by atoms with Gasteiger partial charge in [-0.1, -0.05) is 32.3 Å². The molecule has 0 amide bonds. The smallest absolute Gasteiger partial charge is 0.387 e. The maximum absolute atomic E-state index is 13.9. The minimum atomic E-state index is -3.07. The van der Waals surface area contributed by atoms with E-state index in [-0.39, 0.29) is 12.2 Å². The first-order valence-electron chi connectivity index (χ1n) is 10.8. The van der Waals surface area contributed by atoms with Gasteiger partial charge in [0.2, 0.25) is 0 Å². The lowest BCUT2D eigenvalue weighted by Gasteiger charge is -2.32. The molecule has 8 heteroatoms. The van der Waals surface area contributed by atoms with Gasteiger partial charge in [-0.3, -0.25) is 0 Å². The average molecular weight is 432 g/mol. The molecule has 1 aromatic carbocycles. The minimum absolute atomic E-state index is 0.179. The fourth-order valence-corrected chi connectivity index (χ4v) is 3.73. The first-order valence-corrected chi connectivity index (χ1v) is 10.8. The number of rotatable bonds is 10. The summed E-state index contributed by atoms with van der Waals surface area (Å²) in [6.07, 6.45) is 5.57. The normalized spacial score (nSPS) is 27.4. The predicted octanol–water partition coefficient (Wildman–Crippen LogP) is 5.44. The fourth-order valence-electron chi connectivity index (χ4n) is 3.73. The highest BCUT2D eigenvalue weighted by atomic mass is 19.3. The van der Waals surface area contributed by atoms with Gasteiger partial charge >= 0.3 is 6.61 Å². The van der Waals surface area contributed by atoms with Gasteiger partial charge < -0.3 is 23.7 Å². The Balaban J connectivity index is 1.35. The standard InChI is InChI=1S/C22H31F3O5/c1-2-3-4-5-15-11-26-20(27-12-15)9-6-16-13-28-21(29-14-16)17-7-8-19(18(23)10-17)30-22(24)25/h7-8,10,15-16,20-22H,2-6,9,11-14H2,1H3. The zero-order valence-corrected chi connectivity index (χ0v) is 17.4. The van der Waals surface area contributed by atoms with Gasteiger partial charge in [-0.2, -0.15) is 8.78 Å². The third-order valence-corrected chi connectivity index (χ3v) is 5.47. The van der Waals surface area contributed by atoms with Crippen molar-refractivity contribution in [3.63, 3.8) is 0 Å². The van der Waals surface area contributed by atoms with Gasteiger partial charge in [0.05, 0.1) is 26.4 Å². The maximum atomic E-state index is 13.9. The van der Waals surface area contributed by atoms with Gasteiger partial charge in [0, 0.05) is 17.4 Å². The van der Waals surface area contributed by atoms with E-state index >= 15 is 0 Å². The summed E-state index contributed by atoms with van der Waals surface area (Å²) in [6.45, 7) is 1.57. The Morgan fingerprint density at radius 2 is 1.60 bits per heavy atom. The topological polar surface area (TPSA) is 46.2 Å². The third-order valence-electron chi connectivity index (χ3n) is 5.47. The van der Waals surface area contributed by atoms with Crippen molar-refractivity contribution in [2.75, 3.05) is 26.4 Å². The molecule has 0 radical (unpaired) electrons. The predicted molar refractivity (Wildman–Crippen MR) is 104 cm³/mol. The van der Waals surface area contributed by atoms with Crippen LogP contribution in [0.4, 0.5) is 13.2 Å². The Morgan fingerprint density at radius 3 is 2.23 bits per heavy atom. The maximum Gasteiger partial charge on any atom is 0.387 e. The van der Waals surface area contributed by atoms with E-state index in [1.165, 1.54) is 25.3 Å². The van der Waals surface area contributed by atoms with Crippen molar-refractivity contribution in [1.82, 2.24) is 0 Å². The summed E-state index contributed by atoms with van der Waals surface area (Å²) < 4.78 is 65.6. The van der Waals surface area contributed by atoms with Crippen LogP contribution in [0, 0.1) is 17.7 Å². The molecule has 30 heavy (non-hydrogen) atoms. The summed E-state index contributed by atoms with van der Waals surface area (Å²) in [5, 5.41) is 0. The number of unbranched alkanes of at least 4 members (excludes halogenated alkanes) is 2. The number of halogens is 3. The van der Waals surface area contributed by atoms with Crippen molar-refractivity contribution < 1.29 is 36.9 Å². The number of alkyl halides is 2. The molecular weight excluding hydrogens is 401 g/mol. The van der Waals surface area contributed by atoms with Crippen LogP contribution in [0.5, 0.6) is 5.75 Å². The zero-order valence-electron chi connectivity index (χ0n) is 17.4. The van der Waals surface area contributed by atoms with Crippen molar-refractivity contribution in [1.29, 1.82) is 0 Å². The van der Waals surface area contributed by atoms with E-state index in [4.69, 9.17) is 18.9 Å². The Morgan fingerprint density at radius 1 is 0.933 bits per heavy atom. The van der Waals surface area contributed by atoms with Crippen LogP contribution in [0.3, 0.4) is 0 Å². The molecule has 0 unspecified atom stereocenters. The Hall–Kier alpha value is -1.35. The van der Waals surface area contributed by atoms with Gasteiger partial charge in [0.25, 0.3) is 0 Å². The number of hydrogen-bond acceptors (Lipinski definition) is 5. The van der Waals surface area contributed by atoms with E-state index in [2.05, 4.69) is 11.7 Å². The lowest BCUT2D eigenvalue weighted by Crippen LogP contribution is -2.33. The van der Waals surface area contributed by atoms with Crippen molar-refractivity contribution in [2.24, 2.45) is 11.8 Å². The van der Waals surface area contributed by atoms with Gasteiger partial charge in [0.1, 0.15) is 0 Å². The molecule has 2 fully saturated rings. The molecule has 0 atom stereocenters. The van der Waals surface area contributed by atoms with Crippen LogP contribution in [0.1, 0.15) is 57.3 Å². The van der Waals surface area contributed by atoms with Gasteiger partial charge in [-0.15, -0.1) is 0 Å². The zero-order chi connectivity index (χ0) is 21.3. The van der Waals surface area contributed by atoms with Crippen LogP contribution >= 0.6 is 0 Å². The highest BCUT2D eigenvalue weighted by Crippen LogP contribution is 2.31. The highest BCUT2D eigenvalue weighted by molar-refractivity contribution is 5.30. The molecule has 0 aliphatic carbocycles. The Kier molecular flexibility index (Phi) is 9.24. The molecule has 0 spiro atoms. The van der Waals surface area contributed by atoms with E-state index in [1.807, 2.05) is 0 Å². The SMILES string of the molecule is CCCCCC1COC(CCC2COC(c3ccc(OC(F)F)c(F)c3)OC2)OC1. The van der Waals surface area contributed by atoms with Gasteiger partial charge in [-0.25, -0.2) is 4.39 Å². The number of benzene rings is 1. The molecule has 0 saturated carbocycles. The molecule has 2 saturated heterocycles. The number of ether oxygens (including phenoxy) is 5. The van der Waals surface area contributed by atoms with E-state index < -0.39 is 24.5 Å². The Bertz CT molecular complexity index is 629. The van der Waals surface area contributed by atoms with Crippen LogP contribution in [-0.2, 0) is 18.9 Å². The summed E-state index contributed by atoms with van der Waals surface area (Å²) in [5.41, 5.74) is 0.431. The van der Waals surface area contributed by atoms with Crippen LogP contribution < -0.4 is 4.74 Å². The summed E-state index contributed by atoms with van der Waals surface area (Å²) in [4.78, 5) is 0. The molecule has 2 heterocycles. The molecule has 2 aliphatic heterocycles. The van der Waals surface area contributed by atoms with E-state index in [1.54, 1.807) is 0 Å². The van der Waals surface area contributed by atoms with Crippen LogP contribution in [0.25, 0.3) is 0 Å². The monoisotopic (exact) mass is 432 g/mol. The minimum Gasteiger partial charge on any atom is -0.432 e. The van der Waals surface area contributed by atoms with E-state index in [9.17, 15) is 13.2 Å². The van der Waals surface area contributed by atoms with E-state index in [0.29, 0.717) is 24.7 Å². The molecule has 0 aromatic heterocycles. The molecular formula is C22H31F3O5. The largest absolute Gasteiger partial charge is 0.432 e. The first kappa shape index (κ1) is 23.3. The second-order valence-electron chi connectivity index (χ2n) is 7.97. The molecule has 170 valence electrons. The van der Waals surface area contributed by atoms with Crippen LogP contribution in [0.15, 0.2) is 18.2 Å². The average Bonchev–Trinajstić information content (AvgIpc) is 2.75. The second-order valence-corrected chi connectivity index (χ2v) is 7.97. The molecule has 1 aromatic rings. The lowest BCUT2D eigenvalue weighted by molar-refractivity contribution is -0.220. The quantitative estimate of drug-likeness (QED) is 0.461. The lowest BCUT2D eigenvalue weighted by atomic mass is 10.0. The summed E-state index contributed by atoms with van der Waals surface area (Å²) in [6, 6.07) is 3.72. The fraction of sp³-hybridized carbons (Fsp3) is 0.727. The third kappa shape index (κ3) is 7.11.